The molecule has 5 rings (SSSR count). The molecule has 2 amide bonds. The van der Waals surface area contributed by atoms with E-state index in [1.54, 1.807) is 7.05 Å². The van der Waals surface area contributed by atoms with E-state index in [1.165, 1.54) is 35.3 Å². The first kappa shape index (κ1) is 32.6. The number of hydrogen-bond acceptors (Lipinski definition) is 5. The van der Waals surface area contributed by atoms with Gasteiger partial charge in [0.1, 0.15) is 18.1 Å². The Morgan fingerprint density at radius 3 is 2.25 bits per heavy atom. The highest BCUT2D eigenvalue weighted by atomic mass is 16.2. The fraction of sp³-hybridized carbons (Fsp3) is 0.622. The SMILES string of the molecule is CC(C)CC1CC(=O)N(C)C(=O)C2C(Nc3ccccc3)N(Cc3cccc(CNC(C)C)c3)[N+]3(CCCCCCC3)C2C1. The number of nitrogens with one attached hydrogen (secondary N) is 2. The summed E-state index contributed by atoms with van der Waals surface area (Å²) in [5.74, 6) is 0.414. The second-order valence-corrected chi connectivity index (χ2v) is 14.4. The molecule has 3 saturated heterocycles. The summed E-state index contributed by atoms with van der Waals surface area (Å²) < 4.78 is 0.839. The molecular weight excluding hydrogens is 546 g/mol. The highest BCUT2D eigenvalue weighted by Gasteiger charge is 2.63. The van der Waals surface area contributed by atoms with Gasteiger partial charge in [0.15, 0.2) is 0 Å². The monoisotopic (exact) mass is 602 g/mol. The van der Waals surface area contributed by atoms with E-state index in [0.29, 0.717) is 18.4 Å². The fourth-order valence-corrected chi connectivity index (χ4v) is 8.23. The second-order valence-electron chi connectivity index (χ2n) is 14.4. The standard InChI is InChI=1S/C37H56N5O2/c1-27(2)21-31-23-33-35(37(44)40(5)34(43)24-31)36(39-32-17-10-9-11-18-32)41(42(33)19-12-7-6-8-13-20-42)26-30-16-14-15-29(22-30)25-38-28(3)4/h9-11,14-18,22,27-28,31,33,35-36,38-39H,6-8,12-13,19-21,23-26H2,1-5H3/q+1. The summed E-state index contributed by atoms with van der Waals surface area (Å²) in [5, 5.41) is 10.1. The zero-order valence-corrected chi connectivity index (χ0v) is 27.8. The maximum Gasteiger partial charge on any atom is 0.241 e. The van der Waals surface area contributed by atoms with Crippen molar-refractivity contribution in [3.05, 3.63) is 65.7 Å². The predicted molar refractivity (Wildman–Crippen MR) is 178 cm³/mol. The first-order valence-corrected chi connectivity index (χ1v) is 17.2. The molecule has 0 aliphatic carbocycles. The number of amides is 2. The van der Waals surface area contributed by atoms with Gasteiger partial charge in [-0.2, -0.15) is 0 Å². The largest absolute Gasteiger partial charge is 0.365 e. The third kappa shape index (κ3) is 7.38. The summed E-state index contributed by atoms with van der Waals surface area (Å²) in [7, 11) is 1.73. The van der Waals surface area contributed by atoms with Crippen molar-refractivity contribution < 1.29 is 14.2 Å². The van der Waals surface area contributed by atoms with Crippen molar-refractivity contribution in [2.24, 2.45) is 17.8 Å². The molecule has 0 aromatic heterocycles. The zero-order chi connectivity index (χ0) is 31.3. The fourth-order valence-electron chi connectivity index (χ4n) is 8.23. The molecule has 3 aliphatic rings. The molecule has 3 heterocycles. The van der Waals surface area contributed by atoms with Crippen LogP contribution in [0.5, 0.6) is 0 Å². The van der Waals surface area contributed by atoms with E-state index in [9.17, 15) is 9.59 Å². The molecule has 3 aliphatic heterocycles. The van der Waals surface area contributed by atoms with E-state index < -0.39 is 0 Å². The molecule has 1 spiro atoms. The van der Waals surface area contributed by atoms with Crippen LogP contribution < -0.4 is 10.6 Å². The average Bonchev–Trinajstić information content (AvgIpc) is 3.20. The summed E-state index contributed by atoms with van der Waals surface area (Å²) >= 11 is 0. The minimum Gasteiger partial charge on any atom is -0.365 e. The Morgan fingerprint density at radius 2 is 1.57 bits per heavy atom. The van der Waals surface area contributed by atoms with Crippen molar-refractivity contribution in [3.63, 3.8) is 0 Å². The lowest BCUT2D eigenvalue weighted by Gasteiger charge is -2.48. The zero-order valence-electron chi connectivity index (χ0n) is 27.8. The number of carbonyl (C=O) groups excluding carboxylic acids is 2. The molecule has 3 fully saturated rings. The number of hydrogen-bond donors (Lipinski definition) is 2. The first-order chi connectivity index (χ1) is 21.2. The molecule has 0 bridgehead atoms. The lowest BCUT2D eigenvalue weighted by molar-refractivity contribution is -1.05. The smallest absolute Gasteiger partial charge is 0.241 e. The first-order valence-electron chi connectivity index (χ1n) is 17.2. The van der Waals surface area contributed by atoms with Gasteiger partial charge in [0.2, 0.25) is 11.8 Å². The Hall–Kier alpha value is -2.74. The summed E-state index contributed by atoms with van der Waals surface area (Å²) in [5.41, 5.74) is 3.58. The van der Waals surface area contributed by atoms with Crippen LogP contribution in [0.4, 0.5) is 5.69 Å². The molecule has 0 radical (unpaired) electrons. The molecule has 2 N–H and O–H groups in total. The quantitative estimate of drug-likeness (QED) is 0.251. The van der Waals surface area contributed by atoms with E-state index in [-0.39, 0.29) is 35.9 Å². The van der Waals surface area contributed by atoms with E-state index >= 15 is 0 Å². The molecule has 2 aromatic rings. The maximum atomic E-state index is 14.5. The number of nitrogens with zero attached hydrogens (tertiary/aromatic N) is 3. The molecule has 240 valence electrons. The van der Waals surface area contributed by atoms with Crippen molar-refractivity contribution in [1.29, 1.82) is 0 Å². The Labute approximate surface area is 265 Å². The number of para-hydroxylation sites is 1. The molecule has 44 heavy (non-hydrogen) atoms. The molecule has 0 saturated carbocycles. The molecule has 4 atom stereocenters. The highest BCUT2D eigenvalue weighted by molar-refractivity contribution is 5.97. The lowest BCUT2D eigenvalue weighted by atomic mass is 9.80. The lowest BCUT2D eigenvalue weighted by Crippen LogP contribution is -2.63. The molecule has 2 aromatic carbocycles. The van der Waals surface area contributed by atoms with Gasteiger partial charge < -0.3 is 10.6 Å². The van der Waals surface area contributed by atoms with Crippen molar-refractivity contribution in [1.82, 2.24) is 15.2 Å². The third-order valence-electron chi connectivity index (χ3n) is 10.3. The van der Waals surface area contributed by atoms with E-state index in [4.69, 9.17) is 0 Å². The number of fused-ring (bicyclic) bond motifs is 2. The van der Waals surface area contributed by atoms with Crippen LogP contribution in [0.15, 0.2) is 54.6 Å². The Kier molecular flexibility index (Phi) is 10.8. The van der Waals surface area contributed by atoms with Gasteiger partial charge in [-0.05, 0) is 67.2 Å². The minimum absolute atomic E-state index is 0.0200. The maximum absolute atomic E-state index is 14.5. The Balaban J connectivity index is 1.62. The van der Waals surface area contributed by atoms with Gasteiger partial charge in [-0.25, -0.2) is 4.59 Å². The topological polar surface area (TPSA) is 64.7 Å². The number of likely N-dealkylation sites (tertiary alicyclic amines) is 1. The predicted octanol–water partition coefficient (Wildman–Crippen LogP) is 6.56. The van der Waals surface area contributed by atoms with Crippen molar-refractivity contribution in [3.8, 4) is 0 Å². The molecule has 4 unspecified atom stereocenters. The third-order valence-corrected chi connectivity index (χ3v) is 10.3. The number of quaternary nitrogens is 1. The number of rotatable bonds is 9. The Morgan fingerprint density at radius 1 is 0.886 bits per heavy atom. The molecule has 7 nitrogen and oxygen atoms in total. The van der Waals surface area contributed by atoms with Gasteiger partial charge in [-0.15, -0.1) is 5.01 Å². The van der Waals surface area contributed by atoms with Crippen LogP contribution in [0.25, 0.3) is 0 Å². The van der Waals surface area contributed by atoms with Gasteiger partial charge in [0, 0.05) is 38.2 Å². The molecule has 7 heteroatoms. The van der Waals surface area contributed by atoms with Crippen LogP contribution in [-0.2, 0) is 22.7 Å². The van der Waals surface area contributed by atoms with Gasteiger partial charge in [0.05, 0.1) is 19.6 Å². The summed E-state index contributed by atoms with van der Waals surface area (Å²) in [6.07, 6.45) is 8.25. The van der Waals surface area contributed by atoms with Gasteiger partial charge in [0.25, 0.3) is 0 Å². The van der Waals surface area contributed by atoms with Crippen LogP contribution in [0.3, 0.4) is 0 Å². The van der Waals surface area contributed by atoms with Crippen molar-refractivity contribution >= 4 is 17.5 Å². The van der Waals surface area contributed by atoms with Gasteiger partial charge >= 0.3 is 0 Å². The molecular formula is C37H56N5O2+. The number of imide groups is 1. The van der Waals surface area contributed by atoms with E-state index in [0.717, 1.165) is 62.1 Å². The highest BCUT2D eigenvalue weighted by Crippen LogP contribution is 2.46. The van der Waals surface area contributed by atoms with Crippen LogP contribution >= 0.6 is 0 Å². The summed E-state index contributed by atoms with van der Waals surface area (Å²) in [4.78, 5) is 29.5. The Bertz CT molecular complexity index is 1240. The van der Waals surface area contributed by atoms with Crippen molar-refractivity contribution in [2.75, 3.05) is 25.5 Å². The van der Waals surface area contributed by atoms with Crippen LogP contribution in [0, 0.1) is 17.8 Å². The number of anilines is 1. The van der Waals surface area contributed by atoms with Crippen molar-refractivity contribution in [2.45, 2.75) is 110 Å². The van der Waals surface area contributed by atoms with Crippen LogP contribution in [-0.4, -0.2) is 64.7 Å². The van der Waals surface area contributed by atoms with Crippen LogP contribution in [0.2, 0.25) is 0 Å². The van der Waals surface area contributed by atoms with Gasteiger partial charge in [-0.1, -0.05) is 76.6 Å². The van der Waals surface area contributed by atoms with E-state index in [1.807, 2.05) is 6.07 Å². The second kappa shape index (κ2) is 14.6. The normalized spacial score (nSPS) is 26.4. The summed E-state index contributed by atoms with van der Waals surface area (Å²) in [6.45, 7) is 12.6. The van der Waals surface area contributed by atoms with E-state index in [2.05, 4.69) is 91.9 Å². The number of benzene rings is 2. The number of carbonyl (C=O) groups is 2. The van der Waals surface area contributed by atoms with Crippen LogP contribution in [0.1, 0.15) is 90.2 Å². The van der Waals surface area contributed by atoms with Gasteiger partial charge in [-0.3, -0.25) is 14.5 Å². The average molecular weight is 603 g/mol. The summed E-state index contributed by atoms with van der Waals surface area (Å²) in [6, 6.07) is 19.9. The minimum atomic E-state index is -0.315.